The van der Waals surface area contributed by atoms with E-state index in [9.17, 15) is 29.9 Å². The molecule has 0 radical (unpaired) electrons. The van der Waals surface area contributed by atoms with E-state index in [1.165, 1.54) is 24.3 Å². The molecule has 0 aliphatic carbocycles. The first kappa shape index (κ1) is 29.7. The first-order valence-corrected chi connectivity index (χ1v) is 13.9. The molecule has 0 unspecified atom stereocenters. The highest BCUT2D eigenvalue weighted by Crippen LogP contribution is 2.40. The number of nitrogens with one attached hydrogen (secondary N) is 1. The molecule has 0 spiro atoms. The van der Waals surface area contributed by atoms with Gasteiger partial charge in [0.25, 0.3) is 5.69 Å². The van der Waals surface area contributed by atoms with Crippen LogP contribution in [0.4, 0.5) is 5.69 Å². The van der Waals surface area contributed by atoms with Gasteiger partial charge >= 0.3 is 5.97 Å². The smallest absolute Gasteiger partial charge is 0.326 e. The number of carbonyl (C=O) groups excluding carboxylic acids is 1. The molecule has 4 rings (SSSR count). The first-order valence-electron chi connectivity index (χ1n) is 13.9. The second-order valence-corrected chi connectivity index (χ2v) is 11.3. The van der Waals surface area contributed by atoms with Crippen molar-refractivity contribution in [3.8, 4) is 5.75 Å². The quantitative estimate of drug-likeness (QED) is 0.232. The molecule has 4 atom stereocenters. The summed E-state index contributed by atoms with van der Waals surface area (Å²) in [6, 6.07) is 21.6. The Labute approximate surface area is 240 Å². The van der Waals surface area contributed by atoms with Crippen molar-refractivity contribution in [3.63, 3.8) is 0 Å². The van der Waals surface area contributed by atoms with Crippen molar-refractivity contribution < 1.29 is 24.7 Å². The zero-order valence-electron chi connectivity index (χ0n) is 23.4. The maximum Gasteiger partial charge on any atom is 0.326 e. The number of amides is 1. The molecule has 1 amide bonds. The van der Waals surface area contributed by atoms with E-state index < -0.39 is 22.9 Å². The van der Waals surface area contributed by atoms with Crippen LogP contribution in [0.1, 0.15) is 37.0 Å². The molecule has 3 aromatic rings. The van der Waals surface area contributed by atoms with Crippen molar-refractivity contribution in [3.05, 3.63) is 106 Å². The van der Waals surface area contributed by atoms with Gasteiger partial charge in [0.1, 0.15) is 11.8 Å². The lowest BCUT2D eigenvalue weighted by atomic mass is 9.68. The number of aliphatic carboxylic acids is 1. The number of non-ortho nitro benzene ring substituents is 1. The monoisotopic (exact) mass is 559 g/mol. The van der Waals surface area contributed by atoms with Gasteiger partial charge in [0.15, 0.2) is 0 Å². The van der Waals surface area contributed by atoms with Crippen LogP contribution >= 0.6 is 0 Å². The zero-order valence-corrected chi connectivity index (χ0v) is 23.4. The van der Waals surface area contributed by atoms with Crippen LogP contribution < -0.4 is 5.32 Å². The van der Waals surface area contributed by atoms with Crippen molar-refractivity contribution in [2.45, 2.75) is 44.6 Å². The standard InChI is InChI=1S/C32H37N3O6/c1-22-20-34(16-15-32(22,2)26-9-6-10-28(36)19-26)21-25(17-23-7-4-3-5-8-23)30(37)33-29(31(38)39)18-24-11-13-27(14-12-24)35(40)41/h3-14,19,22,25,29,36H,15-18,20-21H2,1-2H3,(H,33,37)(H,38,39)/t22-,25-,29-,32+/m0/s1. The second-order valence-electron chi connectivity index (χ2n) is 11.3. The van der Waals surface area contributed by atoms with Gasteiger partial charge in [-0.1, -0.05) is 68.4 Å². The van der Waals surface area contributed by atoms with Crippen LogP contribution in [0.5, 0.6) is 5.75 Å². The number of carboxylic acid groups (broad SMARTS) is 1. The molecule has 0 bridgehead atoms. The number of piperidine rings is 1. The van der Waals surface area contributed by atoms with E-state index in [-0.39, 0.29) is 35.1 Å². The molecule has 1 aliphatic heterocycles. The molecule has 41 heavy (non-hydrogen) atoms. The summed E-state index contributed by atoms with van der Waals surface area (Å²) in [7, 11) is 0. The molecule has 0 aromatic heterocycles. The van der Waals surface area contributed by atoms with E-state index >= 15 is 0 Å². The maximum absolute atomic E-state index is 13.6. The fraction of sp³-hybridized carbons (Fsp3) is 0.375. The lowest BCUT2D eigenvalue weighted by Crippen LogP contribution is -2.52. The van der Waals surface area contributed by atoms with Gasteiger partial charge in [-0.25, -0.2) is 4.79 Å². The highest BCUT2D eigenvalue weighted by Gasteiger charge is 2.39. The number of nitro benzene ring substituents is 1. The SMILES string of the molecule is C[C@H]1CN(C[C@H](Cc2ccccc2)C(=O)N[C@@H](Cc2ccc([N+](=O)[O-])cc2)C(=O)O)CC[C@@]1(C)c1cccc(O)c1. The zero-order chi connectivity index (χ0) is 29.6. The lowest BCUT2D eigenvalue weighted by molar-refractivity contribution is -0.384. The third-order valence-electron chi connectivity index (χ3n) is 8.45. The fourth-order valence-corrected chi connectivity index (χ4v) is 5.70. The van der Waals surface area contributed by atoms with E-state index in [0.717, 1.165) is 30.6 Å². The van der Waals surface area contributed by atoms with E-state index in [0.29, 0.717) is 18.5 Å². The molecule has 0 saturated carbocycles. The van der Waals surface area contributed by atoms with Gasteiger partial charge in [-0.3, -0.25) is 14.9 Å². The van der Waals surface area contributed by atoms with Gasteiger partial charge in [0.2, 0.25) is 5.91 Å². The lowest BCUT2D eigenvalue weighted by Gasteiger charge is -2.45. The summed E-state index contributed by atoms with van der Waals surface area (Å²) in [5, 5.41) is 33.6. The number of nitro groups is 1. The molecule has 9 heteroatoms. The Hall–Kier alpha value is -4.24. The molecule has 3 N–H and O–H groups in total. The van der Waals surface area contributed by atoms with E-state index in [1.54, 1.807) is 6.07 Å². The Morgan fingerprint density at radius 3 is 2.34 bits per heavy atom. The highest BCUT2D eigenvalue weighted by molar-refractivity contribution is 5.85. The largest absolute Gasteiger partial charge is 0.508 e. The Bertz CT molecular complexity index is 1360. The normalized spacial score (nSPS) is 20.6. The number of phenols is 1. The molecule has 1 aliphatic rings. The van der Waals surface area contributed by atoms with Gasteiger partial charge < -0.3 is 20.4 Å². The van der Waals surface area contributed by atoms with Gasteiger partial charge in [0.05, 0.1) is 10.8 Å². The van der Waals surface area contributed by atoms with Crippen LogP contribution in [-0.2, 0) is 27.8 Å². The predicted molar refractivity (Wildman–Crippen MR) is 156 cm³/mol. The highest BCUT2D eigenvalue weighted by atomic mass is 16.6. The summed E-state index contributed by atoms with van der Waals surface area (Å²) in [5.41, 5.74) is 2.47. The van der Waals surface area contributed by atoms with Crippen LogP contribution in [-0.4, -0.2) is 57.6 Å². The second kappa shape index (κ2) is 13.0. The number of hydrogen-bond donors (Lipinski definition) is 3. The fourth-order valence-electron chi connectivity index (χ4n) is 5.70. The van der Waals surface area contributed by atoms with Gasteiger partial charge in [0, 0.05) is 31.6 Å². The number of hydrogen-bond acceptors (Lipinski definition) is 6. The van der Waals surface area contributed by atoms with Crippen molar-refractivity contribution >= 4 is 17.6 Å². The number of rotatable bonds is 11. The average molecular weight is 560 g/mol. The van der Waals surface area contributed by atoms with Crippen molar-refractivity contribution in [1.82, 2.24) is 10.2 Å². The predicted octanol–water partition coefficient (Wildman–Crippen LogP) is 4.57. The Morgan fingerprint density at radius 2 is 1.73 bits per heavy atom. The number of likely N-dealkylation sites (tertiary alicyclic amines) is 1. The molecular formula is C32H37N3O6. The Balaban J connectivity index is 1.48. The number of benzene rings is 3. The van der Waals surface area contributed by atoms with Crippen molar-refractivity contribution in [2.24, 2.45) is 11.8 Å². The topological polar surface area (TPSA) is 133 Å². The van der Waals surface area contributed by atoms with Crippen LogP contribution in [0.2, 0.25) is 0 Å². The van der Waals surface area contributed by atoms with Crippen LogP contribution in [0.25, 0.3) is 0 Å². The van der Waals surface area contributed by atoms with E-state index in [4.69, 9.17) is 0 Å². The number of carbonyl (C=O) groups is 2. The summed E-state index contributed by atoms with van der Waals surface area (Å²) in [6.07, 6.45) is 1.33. The molecular weight excluding hydrogens is 522 g/mol. The van der Waals surface area contributed by atoms with Crippen LogP contribution in [0.15, 0.2) is 78.9 Å². The molecule has 1 saturated heterocycles. The third kappa shape index (κ3) is 7.49. The number of aromatic hydroxyl groups is 1. The van der Waals surface area contributed by atoms with Crippen LogP contribution in [0.3, 0.4) is 0 Å². The minimum absolute atomic E-state index is 0.0140. The number of carboxylic acids is 1. The van der Waals surface area contributed by atoms with Gasteiger partial charge in [-0.05, 0) is 59.5 Å². The summed E-state index contributed by atoms with van der Waals surface area (Å²) in [4.78, 5) is 38.4. The van der Waals surface area contributed by atoms with E-state index in [2.05, 4.69) is 30.1 Å². The summed E-state index contributed by atoms with van der Waals surface area (Å²) in [6.45, 7) is 6.40. The molecule has 3 aromatic carbocycles. The first-order chi connectivity index (χ1) is 19.5. The molecule has 1 heterocycles. The Kier molecular flexibility index (Phi) is 9.39. The molecule has 9 nitrogen and oxygen atoms in total. The average Bonchev–Trinajstić information content (AvgIpc) is 2.95. The van der Waals surface area contributed by atoms with Crippen molar-refractivity contribution in [2.75, 3.05) is 19.6 Å². The van der Waals surface area contributed by atoms with Gasteiger partial charge in [-0.15, -0.1) is 0 Å². The minimum Gasteiger partial charge on any atom is -0.508 e. The molecule has 216 valence electrons. The minimum atomic E-state index is -1.17. The summed E-state index contributed by atoms with van der Waals surface area (Å²) >= 11 is 0. The van der Waals surface area contributed by atoms with Crippen molar-refractivity contribution in [1.29, 1.82) is 0 Å². The number of phenolic OH excluding ortho intramolecular Hbond substituents is 1. The Morgan fingerprint density at radius 1 is 1.05 bits per heavy atom. The van der Waals surface area contributed by atoms with E-state index in [1.807, 2.05) is 42.5 Å². The molecule has 1 fully saturated rings. The van der Waals surface area contributed by atoms with Gasteiger partial charge in [-0.2, -0.15) is 0 Å². The summed E-state index contributed by atoms with van der Waals surface area (Å²) in [5.74, 6) is -1.47. The number of nitrogens with zero attached hydrogens (tertiary/aromatic N) is 2. The maximum atomic E-state index is 13.6. The summed E-state index contributed by atoms with van der Waals surface area (Å²) < 4.78 is 0. The van der Waals surface area contributed by atoms with Crippen LogP contribution in [0, 0.1) is 22.0 Å². The third-order valence-corrected chi connectivity index (χ3v) is 8.45.